The van der Waals surface area contributed by atoms with Crippen molar-refractivity contribution in [3.05, 3.63) is 18.2 Å². The Morgan fingerprint density at radius 2 is 2.33 bits per heavy atom. The molecule has 15 heavy (non-hydrogen) atoms. The molecule has 1 aromatic rings. The molecule has 4 nitrogen and oxygen atoms in total. The third-order valence-corrected chi connectivity index (χ3v) is 2.52. The van der Waals surface area contributed by atoms with E-state index in [0.29, 0.717) is 12.2 Å². The van der Waals surface area contributed by atoms with Gasteiger partial charge in [0.15, 0.2) is 0 Å². The van der Waals surface area contributed by atoms with Crippen LogP contribution in [0.1, 0.15) is 44.9 Å². The Labute approximate surface area is 89.9 Å². The third-order valence-electron chi connectivity index (χ3n) is 2.52. The standard InChI is InChI=1S/C11H18N2O2/c1-3-5-7-13-8-6-12-10(13)9(4-2)11(14)15/h6,8-9H,3-5,7H2,1-2H3,(H,14,15). The van der Waals surface area contributed by atoms with Gasteiger partial charge in [-0.1, -0.05) is 20.3 Å². The Hall–Kier alpha value is -1.32. The average Bonchev–Trinajstić information content (AvgIpc) is 2.64. The molecular weight excluding hydrogens is 192 g/mol. The SMILES string of the molecule is CCCCn1ccnc1C(CC)C(=O)O. The maximum Gasteiger partial charge on any atom is 0.314 e. The van der Waals surface area contributed by atoms with Gasteiger partial charge in [-0.25, -0.2) is 4.98 Å². The summed E-state index contributed by atoms with van der Waals surface area (Å²) in [5.41, 5.74) is 0. The Morgan fingerprint density at radius 1 is 1.60 bits per heavy atom. The van der Waals surface area contributed by atoms with E-state index in [1.54, 1.807) is 6.20 Å². The number of carboxylic acids is 1. The van der Waals surface area contributed by atoms with E-state index in [0.717, 1.165) is 19.4 Å². The molecule has 1 unspecified atom stereocenters. The fraction of sp³-hybridized carbons (Fsp3) is 0.636. The number of carbonyl (C=O) groups is 1. The molecule has 0 radical (unpaired) electrons. The number of carboxylic acid groups (broad SMARTS) is 1. The Morgan fingerprint density at radius 3 is 2.87 bits per heavy atom. The molecule has 0 aliphatic heterocycles. The van der Waals surface area contributed by atoms with Gasteiger partial charge < -0.3 is 9.67 Å². The van der Waals surface area contributed by atoms with Gasteiger partial charge in [0.1, 0.15) is 11.7 Å². The smallest absolute Gasteiger partial charge is 0.314 e. The molecule has 1 rings (SSSR count). The van der Waals surface area contributed by atoms with Crippen molar-refractivity contribution in [2.24, 2.45) is 0 Å². The molecule has 0 spiro atoms. The van der Waals surface area contributed by atoms with Gasteiger partial charge in [0.05, 0.1) is 0 Å². The first-order valence-corrected chi connectivity index (χ1v) is 5.44. The van der Waals surface area contributed by atoms with Crippen molar-refractivity contribution in [1.82, 2.24) is 9.55 Å². The number of aliphatic carboxylic acids is 1. The molecule has 0 saturated carbocycles. The monoisotopic (exact) mass is 210 g/mol. The zero-order valence-corrected chi connectivity index (χ0v) is 9.31. The number of unbranched alkanes of at least 4 members (excludes halogenated alkanes) is 1. The molecule has 0 saturated heterocycles. The second kappa shape index (κ2) is 5.53. The number of hydrogen-bond acceptors (Lipinski definition) is 2. The van der Waals surface area contributed by atoms with Gasteiger partial charge in [0, 0.05) is 18.9 Å². The highest BCUT2D eigenvalue weighted by molar-refractivity contribution is 5.74. The molecule has 0 fully saturated rings. The molecule has 4 heteroatoms. The molecular formula is C11H18N2O2. The van der Waals surface area contributed by atoms with E-state index in [9.17, 15) is 4.79 Å². The topological polar surface area (TPSA) is 55.1 Å². The molecule has 0 amide bonds. The van der Waals surface area contributed by atoms with Crippen LogP contribution in [0.2, 0.25) is 0 Å². The van der Waals surface area contributed by atoms with Gasteiger partial charge in [-0.05, 0) is 12.8 Å². The highest BCUT2D eigenvalue weighted by atomic mass is 16.4. The summed E-state index contributed by atoms with van der Waals surface area (Å²) in [5.74, 6) is -0.586. The van der Waals surface area contributed by atoms with Crippen molar-refractivity contribution in [2.45, 2.75) is 45.6 Å². The van der Waals surface area contributed by atoms with Crippen LogP contribution in [0.3, 0.4) is 0 Å². The second-order valence-corrected chi connectivity index (χ2v) is 3.63. The number of aryl methyl sites for hydroxylation is 1. The van der Waals surface area contributed by atoms with Gasteiger partial charge in [0.25, 0.3) is 0 Å². The number of imidazole rings is 1. The van der Waals surface area contributed by atoms with E-state index in [2.05, 4.69) is 11.9 Å². The molecule has 84 valence electrons. The summed E-state index contributed by atoms with van der Waals surface area (Å²) in [5, 5.41) is 9.04. The number of nitrogens with zero attached hydrogens (tertiary/aromatic N) is 2. The third kappa shape index (κ3) is 2.81. The lowest BCUT2D eigenvalue weighted by molar-refractivity contribution is -0.139. The van der Waals surface area contributed by atoms with E-state index in [1.165, 1.54) is 0 Å². The van der Waals surface area contributed by atoms with Crippen LogP contribution in [0, 0.1) is 0 Å². The van der Waals surface area contributed by atoms with Gasteiger partial charge in [-0.3, -0.25) is 4.79 Å². The first kappa shape index (κ1) is 11.8. The number of aromatic nitrogens is 2. The van der Waals surface area contributed by atoms with E-state index in [4.69, 9.17) is 5.11 Å². The summed E-state index contributed by atoms with van der Waals surface area (Å²) >= 11 is 0. The molecule has 0 aliphatic rings. The first-order valence-electron chi connectivity index (χ1n) is 5.44. The van der Waals surface area contributed by atoms with Crippen molar-refractivity contribution < 1.29 is 9.90 Å². The Kier molecular flexibility index (Phi) is 4.34. The summed E-state index contributed by atoms with van der Waals surface area (Å²) < 4.78 is 1.95. The summed E-state index contributed by atoms with van der Waals surface area (Å²) in [6, 6.07) is 0. The summed E-state index contributed by atoms with van der Waals surface area (Å²) in [4.78, 5) is 15.1. The zero-order chi connectivity index (χ0) is 11.3. The van der Waals surface area contributed by atoms with Gasteiger partial charge in [-0.2, -0.15) is 0 Å². The zero-order valence-electron chi connectivity index (χ0n) is 9.31. The Bertz CT molecular complexity index is 320. The van der Waals surface area contributed by atoms with Crippen molar-refractivity contribution in [2.75, 3.05) is 0 Å². The average molecular weight is 210 g/mol. The van der Waals surface area contributed by atoms with Crippen molar-refractivity contribution >= 4 is 5.97 Å². The quantitative estimate of drug-likeness (QED) is 0.783. The highest BCUT2D eigenvalue weighted by Gasteiger charge is 2.21. The van der Waals surface area contributed by atoms with Crippen LogP contribution in [0.15, 0.2) is 12.4 Å². The van der Waals surface area contributed by atoms with E-state index in [-0.39, 0.29) is 0 Å². The minimum atomic E-state index is -0.790. The lowest BCUT2D eigenvalue weighted by Crippen LogP contribution is -2.16. The van der Waals surface area contributed by atoms with Crippen LogP contribution in [0.25, 0.3) is 0 Å². The fourth-order valence-corrected chi connectivity index (χ4v) is 1.62. The maximum atomic E-state index is 11.0. The number of rotatable bonds is 6. The lowest BCUT2D eigenvalue weighted by atomic mass is 10.1. The van der Waals surface area contributed by atoms with Gasteiger partial charge in [0.2, 0.25) is 0 Å². The molecule has 1 N–H and O–H groups in total. The van der Waals surface area contributed by atoms with Crippen LogP contribution in [-0.2, 0) is 11.3 Å². The van der Waals surface area contributed by atoms with Crippen LogP contribution in [-0.4, -0.2) is 20.6 Å². The summed E-state index contributed by atoms with van der Waals surface area (Å²) in [6.45, 7) is 4.85. The minimum absolute atomic E-state index is 0.475. The molecule has 1 atom stereocenters. The van der Waals surface area contributed by atoms with Crippen molar-refractivity contribution in [3.8, 4) is 0 Å². The predicted octanol–water partition coefficient (Wildman–Crippen LogP) is 2.26. The van der Waals surface area contributed by atoms with Gasteiger partial charge >= 0.3 is 5.97 Å². The maximum absolute atomic E-state index is 11.0. The van der Waals surface area contributed by atoms with Crippen molar-refractivity contribution in [3.63, 3.8) is 0 Å². The van der Waals surface area contributed by atoms with Crippen LogP contribution in [0.4, 0.5) is 0 Å². The minimum Gasteiger partial charge on any atom is -0.481 e. The Balaban J connectivity index is 2.82. The van der Waals surface area contributed by atoms with E-state index < -0.39 is 11.9 Å². The van der Waals surface area contributed by atoms with Crippen molar-refractivity contribution in [1.29, 1.82) is 0 Å². The van der Waals surface area contributed by atoms with E-state index in [1.807, 2.05) is 17.7 Å². The lowest BCUT2D eigenvalue weighted by Gasteiger charge is -2.12. The first-order chi connectivity index (χ1) is 7.20. The fourth-order valence-electron chi connectivity index (χ4n) is 1.62. The van der Waals surface area contributed by atoms with E-state index >= 15 is 0 Å². The molecule has 0 bridgehead atoms. The summed E-state index contributed by atoms with van der Waals surface area (Å²) in [6.07, 6.45) is 6.27. The highest BCUT2D eigenvalue weighted by Crippen LogP contribution is 2.18. The van der Waals surface area contributed by atoms with Crippen LogP contribution < -0.4 is 0 Å². The van der Waals surface area contributed by atoms with Crippen LogP contribution >= 0.6 is 0 Å². The largest absolute Gasteiger partial charge is 0.481 e. The molecule has 1 aromatic heterocycles. The molecule has 0 aromatic carbocycles. The second-order valence-electron chi connectivity index (χ2n) is 3.63. The molecule has 1 heterocycles. The van der Waals surface area contributed by atoms with Gasteiger partial charge in [-0.15, -0.1) is 0 Å². The number of hydrogen-bond donors (Lipinski definition) is 1. The normalized spacial score (nSPS) is 12.7. The van der Waals surface area contributed by atoms with Crippen LogP contribution in [0.5, 0.6) is 0 Å². The molecule has 0 aliphatic carbocycles. The summed E-state index contributed by atoms with van der Waals surface area (Å²) in [7, 11) is 0. The predicted molar refractivity (Wildman–Crippen MR) is 57.8 cm³/mol.